The summed E-state index contributed by atoms with van der Waals surface area (Å²) < 4.78 is 27.9. The Bertz CT molecular complexity index is 1270. The molecule has 1 aromatic heterocycles. The third kappa shape index (κ3) is 5.60. The number of nitrogens with one attached hydrogen (secondary N) is 2. The van der Waals surface area contributed by atoms with E-state index in [0.717, 1.165) is 0 Å². The third-order valence-corrected chi connectivity index (χ3v) is 5.43. The lowest BCUT2D eigenvalue weighted by Gasteiger charge is -2.21. The number of carbonyl (C=O) groups excluding carboxylic acids is 1. The number of azo groups is 1. The van der Waals surface area contributed by atoms with Gasteiger partial charge in [-0.2, -0.15) is 5.11 Å². The highest BCUT2D eigenvalue weighted by atomic mass is 32.2. The number of benzene rings is 2. The highest BCUT2D eigenvalue weighted by Gasteiger charge is 2.19. The van der Waals surface area contributed by atoms with E-state index in [1.165, 1.54) is 30.3 Å². The van der Waals surface area contributed by atoms with E-state index in [1.807, 2.05) is 0 Å². The van der Waals surface area contributed by atoms with Crippen molar-refractivity contribution < 1.29 is 28.2 Å². The maximum absolute atomic E-state index is 12.0. The summed E-state index contributed by atoms with van der Waals surface area (Å²) in [5.41, 5.74) is 0.498. The van der Waals surface area contributed by atoms with Gasteiger partial charge < -0.3 is 25.3 Å². The first-order chi connectivity index (χ1) is 15.0. The van der Waals surface area contributed by atoms with Crippen molar-refractivity contribution in [3.8, 4) is 11.6 Å². The van der Waals surface area contributed by atoms with Crippen LogP contribution in [0.2, 0.25) is 0 Å². The van der Waals surface area contributed by atoms with Crippen LogP contribution in [-0.4, -0.2) is 42.9 Å². The zero-order chi connectivity index (χ0) is 23.5. The number of nitrogens with two attached hydrogens (primary N) is 1. The zero-order valence-electron chi connectivity index (χ0n) is 17.4. The fourth-order valence-corrected chi connectivity index (χ4v) is 3.14. The van der Waals surface area contributed by atoms with Crippen LogP contribution in [0.3, 0.4) is 0 Å². The van der Waals surface area contributed by atoms with Gasteiger partial charge in [-0.05, 0) is 42.5 Å². The first kappa shape index (κ1) is 23.2. The van der Waals surface area contributed by atoms with Crippen LogP contribution < -0.4 is 15.2 Å². The molecule has 0 aliphatic rings. The van der Waals surface area contributed by atoms with Crippen molar-refractivity contribution in [2.45, 2.75) is 18.7 Å². The second-order valence-electron chi connectivity index (χ2n) is 7.83. The van der Waals surface area contributed by atoms with Crippen LogP contribution in [-0.2, 0) is 10.0 Å². The number of primary sulfonamides is 1. The Morgan fingerprint density at radius 2 is 1.88 bits per heavy atom. The third-order valence-electron chi connectivity index (χ3n) is 4.50. The largest absolute Gasteiger partial charge is 0.493 e. The number of amides is 1. The Kier molecular flexibility index (Phi) is 6.48. The number of rotatable bonds is 7. The number of H-pyrrole nitrogens is 1. The number of aromatic hydroxyl groups is 1. The minimum absolute atomic E-state index is 0.0613. The van der Waals surface area contributed by atoms with Gasteiger partial charge in [-0.3, -0.25) is 0 Å². The number of aromatic amines is 1. The summed E-state index contributed by atoms with van der Waals surface area (Å²) in [6.45, 7) is 3.71. The molecule has 12 heteroatoms. The Balaban J connectivity index is 1.80. The summed E-state index contributed by atoms with van der Waals surface area (Å²) in [5.74, 6) is -0.0269. The highest BCUT2D eigenvalue weighted by molar-refractivity contribution is 7.89. The number of aliphatic hydroxyl groups is 1. The molecule has 0 saturated carbocycles. The molecule has 0 radical (unpaired) electrons. The van der Waals surface area contributed by atoms with Gasteiger partial charge in [0.25, 0.3) is 0 Å². The van der Waals surface area contributed by atoms with E-state index in [2.05, 4.69) is 20.5 Å². The van der Waals surface area contributed by atoms with Gasteiger partial charge >= 0.3 is 6.09 Å². The molecular formula is C20H23N5O6S. The van der Waals surface area contributed by atoms with Crippen LogP contribution in [0, 0.1) is 5.41 Å². The molecule has 0 atom stereocenters. The lowest BCUT2D eigenvalue weighted by atomic mass is 9.95. The Labute approximate surface area is 184 Å². The standard InChI is InChI=1S/C20H23N5O6S/c1-20(2,11-26)10-22-19(28)31-13-5-8-16-15(9-13)17(18(27)23-16)25-24-12-3-6-14(7-4-12)32(21,29)30/h3-9,23,26-27H,10-11H2,1-2H3,(H,22,28)(H2,21,29,30). The van der Waals surface area contributed by atoms with Gasteiger partial charge in [0, 0.05) is 24.0 Å². The predicted molar refractivity (Wildman–Crippen MR) is 117 cm³/mol. The van der Waals surface area contributed by atoms with Crippen molar-refractivity contribution in [3.05, 3.63) is 42.5 Å². The van der Waals surface area contributed by atoms with Crippen molar-refractivity contribution in [3.63, 3.8) is 0 Å². The van der Waals surface area contributed by atoms with E-state index in [9.17, 15) is 23.4 Å². The molecular weight excluding hydrogens is 438 g/mol. The quantitative estimate of drug-likeness (QED) is 0.337. The van der Waals surface area contributed by atoms with Gasteiger partial charge in [-0.15, -0.1) is 5.11 Å². The van der Waals surface area contributed by atoms with Gasteiger partial charge in [0.2, 0.25) is 15.9 Å². The Morgan fingerprint density at radius 1 is 1.19 bits per heavy atom. The highest BCUT2D eigenvalue weighted by Crippen LogP contribution is 2.38. The van der Waals surface area contributed by atoms with Gasteiger partial charge in [0.15, 0.2) is 5.69 Å². The van der Waals surface area contributed by atoms with Crippen LogP contribution in [0.5, 0.6) is 11.6 Å². The molecule has 170 valence electrons. The van der Waals surface area contributed by atoms with Crippen molar-refractivity contribution in [2.75, 3.05) is 13.2 Å². The molecule has 3 rings (SSSR count). The van der Waals surface area contributed by atoms with Crippen LogP contribution in [0.25, 0.3) is 10.9 Å². The number of aliphatic hydroxyl groups excluding tert-OH is 1. The average molecular weight is 462 g/mol. The van der Waals surface area contributed by atoms with Crippen molar-refractivity contribution in [2.24, 2.45) is 20.8 Å². The van der Waals surface area contributed by atoms with E-state index in [4.69, 9.17) is 9.88 Å². The van der Waals surface area contributed by atoms with Crippen molar-refractivity contribution in [1.29, 1.82) is 0 Å². The summed E-state index contributed by atoms with van der Waals surface area (Å²) >= 11 is 0. The minimum Gasteiger partial charge on any atom is -0.493 e. The number of hydrogen-bond acceptors (Lipinski definition) is 8. The van der Waals surface area contributed by atoms with E-state index in [-0.39, 0.29) is 35.4 Å². The summed E-state index contributed by atoms with van der Waals surface area (Å²) in [5, 5.41) is 35.6. The summed E-state index contributed by atoms with van der Waals surface area (Å²) in [6, 6.07) is 10.1. The first-order valence-electron chi connectivity index (χ1n) is 9.44. The summed E-state index contributed by atoms with van der Waals surface area (Å²) in [6.07, 6.45) is -0.691. The van der Waals surface area contributed by atoms with Crippen molar-refractivity contribution >= 4 is 38.4 Å². The molecule has 3 aromatic rings. The minimum atomic E-state index is -3.82. The van der Waals surface area contributed by atoms with Gasteiger partial charge in [0.1, 0.15) is 5.75 Å². The lowest BCUT2D eigenvalue weighted by Crippen LogP contribution is -2.37. The number of sulfonamides is 1. The number of fused-ring (bicyclic) bond motifs is 1. The monoisotopic (exact) mass is 461 g/mol. The average Bonchev–Trinajstić information content (AvgIpc) is 3.05. The maximum atomic E-state index is 12.0. The molecule has 32 heavy (non-hydrogen) atoms. The number of aromatic nitrogens is 1. The Hall–Kier alpha value is -3.48. The van der Waals surface area contributed by atoms with Crippen LogP contribution in [0.15, 0.2) is 57.6 Å². The fraction of sp³-hybridized carbons (Fsp3) is 0.250. The first-order valence-corrected chi connectivity index (χ1v) is 11.0. The molecule has 0 aliphatic carbocycles. The molecule has 0 saturated heterocycles. The number of hydrogen-bond donors (Lipinski definition) is 5. The smallest absolute Gasteiger partial charge is 0.412 e. The molecule has 0 aliphatic heterocycles. The number of carbonyl (C=O) groups is 1. The fourth-order valence-electron chi connectivity index (χ4n) is 2.63. The molecule has 0 spiro atoms. The predicted octanol–water partition coefficient (Wildman–Crippen LogP) is 3.04. The molecule has 6 N–H and O–H groups in total. The molecule has 0 unspecified atom stereocenters. The SMILES string of the molecule is CC(C)(CO)CNC(=O)Oc1ccc2[nH]c(O)c(N=Nc3ccc(S(N)(=O)=O)cc3)c2c1. The summed E-state index contributed by atoms with van der Waals surface area (Å²) in [7, 11) is -3.82. The second-order valence-corrected chi connectivity index (χ2v) is 9.40. The molecule has 0 fully saturated rings. The van der Waals surface area contributed by atoms with Gasteiger partial charge in [-0.25, -0.2) is 18.4 Å². The number of ether oxygens (including phenoxy) is 1. The van der Waals surface area contributed by atoms with Crippen LogP contribution >= 0.6 is 0 Å². The topological polar surface area (TPSA) is 179 Å². The maximum Gasteiger partial charge on any atom is 0.412 e. The second kappa shape index (κ2) is 8.94. The van der Waals surface area contributed by atoms with E-state index in [0.29, 0.717) is 16.6 Å². The van der Waals surface area contributed by atoms with E-state index in [1.54, 1.807) is 26.0 Å². The molecule has 0 bridgehead atoms. The van der Waals surface area contributed by atoms with Gasteiger partial charge in [0.05, 0.1) is 16.1 Å². The normalized spacial score (nSPS) is 12.4. The van der Waals surface area contributed by atoms with Crippen LogP contribution in [0.4, 0.5) is 16.2 Å². The van der Waals surface area contributed by atoms with Crippen LogP contribution in [0.1, 0.15) is 13.8 Å². The number of nitrogens with zero attached hydrogens (tertiary/aromatic N) is 2. The van der Waals surface area contributed by atoms with E-state index < -0.39 is 21.5 Å². The lowest BCUT2D eigenvalue weighted by molar-refractivity contribution is 0.150. The van der Waals surface area contributed by atoms with Gasteiger partial charge in [-0.1, -0.05) is 13.8 Å². The molecule has 11 nitrogen and oxygen atoms in total. The molecule has 1 amide bonds. The molecule has 2 aromatic carbocycles. The zero-order valence-corrected chi connectivity index (χ0v) is 18.2. The summed E-state index contributed by atoms with van der Waals surface area (Å²) in [4.78, 5) is 14.7. The Morgan fingerprint density at radius 3 is 2.50 bits per heavy atom. The molecule has 1 heterocycles. The van der Waals surface area contributed by atoms with Crippen molar-refractivity contribution in [1.82, 2.24) is 10.3 Å². The van der Waals surface area contributed by atoms with E-state index >= 15 is 0 Å².